The van der Waals surface area contributed by atoms with Crippen LogP contribution in [0, 0.1) is 0 Å². The molecule has 0 aromatic heterocycles. The van der Waals surface area contributed by atoms with Crippen LogP contribution in [0.15, 0.2) is 42.5 Å². The third kappa shape index (κ3) is 5.01. The molecule has 3 atom stereocenters. The van der Waals surface area contributed by atoms with Gasteiger partial charge in [0.2, 0.25) is 0 Å². The standard InChI is InChI=1S/C27H35N3O3/c1-17(13-23-22-14-25(32-4)26(33-5)15-24(22)29-27(23)31)28-21-11-9-20(10-12-21)16-30-18(2)7-6-8-19(30)3/h9-15,17-19,28H,6-8,16H2,1-5H3,(H,29,31). The number of nitrogens with zero attached hydrogens (tertiary/aromatic N) is 1. The second-order valence-electron chi connectivity index (χ2n) is 9.22. The summed E-state index contributed by atoms with van der Waals surface area (Å²) in [6, 6.07) is 13.5. The van der Waals surface area contributed by atoms with Crippen LogP contribution in [-0.2, 0) is 11.3 Å². The molecule has 33 heavy (non-hydrogen) atoms. The predicted octanol–water partition coefficient (Wildman–Crippen LogP) is 5.30. The van der Waals surface area contributed by atoms with Gasteiger partial charge in [-0.25, -0.2) is 0 Å². The summed E-state index contributed by atoms with van der Waals surface area (Å²) in [4.78, 5) is 15.2. The smallest absolute Gasteiger partial charge is 0.256 e. The van der Waals surface area contributed by atoms with E-state index in [1.807, 2.05) is 19.1 Å². The van der Waals surface area contributed by atoms with Gasteiger partial charge < -0.3 is 20.1 Å². The quantitative estimate of drug-likeness (QED) is 0.562. The Bertz CT molecular complexity index is 1020. The van der Waals surface area contributed by atoms with Crippen molar-refractivity contribution < 1.29 is 14.3 Å². The molecular formula is C27H35N3O3. The van der Waals surface area contributed by atoms with Gasteiger partial charge in [0.1, 0.15) is 0 Å². The minimum atomic E-state index is -0.117. The topological polar surface area (TPSA) is 62.8 Å². The molecule has 6 nitrogen and oxygen atoms in total. The van der Waals surface area contributed by atoms with Gasteiger partial charge in [0.15, 0.2) is 11.5 Å². The molecule has 1 saturated heterocycles. The Morgan fingerprint density at radius 1 is 1.09 bits per heavy atom. The first-order valence-electron chi connectivity index (χ1n) is 11.8. The van der Waals surface area contributed by atoms with Crippen molar-refractivity contribution in [3.8, 4) is 11.5 Å². The number of rotatable bonds is 7. The van der Waals surface area contributed by atoms with E-state index in [0.717, 1.165) is 23.5 Å². The number of methoxy groups -OCH3 is 2. The molecule has 0 bridgehead atoms. The Morgan fingerprint density at radius 2 is 1.73 bits per heavy atom. The Labute approximate surface area is 197 Å². The molecular weight excluding hydrogens is 414 g/mol. The molecule has 0 aliphatic carbocycles. The number of anilines is 2. The second kappa shape index (κ2) is 9.87. The van der Waals surface area contributed by atoms with Gasteiger partial charge in [0, 0.05) is 47.6 Å². The average molecular weight is 450 g/mol. The number of amides is 1. The van der Waals surface area contributed by atoms with Crippen LogP contribution in [0.2, 0.25) is 0 Å². The third-order valence-corrected chi connectivity index (χ3v) is 6.81. The first-order valence-corrected chi connectivity index (χ1v) is 11.8. The number of carbonyl (C=O) groups excluding carboxylic acids is 1. The van der Waals surface area contributed by atoms with Crippen LogP contribution in [0.4, 0.5) is 11.4 Å². The van der Waals surface area contributed by atoms with Crippen molar-refractivity contribution in [3.63, 3.8) is 0 Å². The maximum Gasteiger partial charge on any atom is 0.256 e. The van der Waals surface area contributed by atoms with E-state index in [0.29, 0.717) is 29.2 Å². The Kier molecular flexibility index (Phi) is 6.94. The Balaban J connectivity index is 1.45. The predicted molar refractivity (Wildman–Crippen MR) is 134 cm³/mol. The minimum absolute atomic E-state index is 0.0298. The van der Waals surface area contributed by atoms with E-state index >= 15 is 0 Å². The zero-order valence-corrected chi connectivity index (χ0v) is 20.3. The molecule has 2 aliphatic rings. The molecule has 2 aromatic carbocycles. The van der Waals surface area contributed by atoms with Crippen LogP contribution in [0.3, 0.4) is 0 Å². The van der Waals surface area contributed by atoms with Crippen molar-refractivity contribution in [2.24, 2.45) is 0 Å². The summed E-state index contributed by atoms with van der Waals surface area (Å²) >= 11 is 0. The minimum Gasteiger partial charge on any atom is -0.493 e. The number of nitrogens with one attached hydrogen (secondary N) is 2. The van der Waals surface area contributed by atoms with E-state index in [1.54, 1.807) is 20.3 Å². The van der Waals surface area contributed by atoms with Gasteiger partial charge >= 0.3 is 0 Å². The van der Waals surface area contributed by atoms with Crippen LogP contribution in [0.5, 0.6) is 11.5 Å². The summed E-state index contributed by atoms with van der Waals surface area (Å²) in [6.45, 7) is 7.71. The molecule has 2 aromatic rings. The number of fused-ring (bicyclic) bond motifs is 1. The van der Waals surface area contributed by atoms with Gasteiger partial charge in [0.25, 0.3) is 5.91 Å². The normalized spacial score (nSPS) is 22.6. The van der Waals surface area contributed by atoms with Crippen LogP contribution in [0.25, 0.3) is 5.57 Å². The van der Waals surface area contributed by atoms with Crippen LogP contribution in [-0.4, -0.2) is 43.2 Å². The van der Waals surface area contributed by atoms with E-state index in [1.165, 1.54) is 24.8 Å². The van der Waals surface area contributed by atoms with Gasteiger partial charge in [-0.05, 0) is 63.5 Å². The zero-order valence-electron chi connectivity index (χ0n) is 20.3. The molecule has 2 N–H and O–H groups in total. The molecule has 2 aliphatic heterocycles. The molecule has 0 radical (unpaired) electrons. The van der Waals surface area contributed by atoms with Gasteiger partial charge in [-0.3, -0.25) is 9.69 Å². The highest BCUT2D eigenvalue weighted by Gasteiger charge is 2.27. The largest absolute Gasteiger partial charge is 0.493 e. The molecule has 1 amide bonds. The third-order valence-electron chi connectivity index (χ3n) is 6.81. The highest BCUT2D eigenvalue weighted by atomic mass is 16.5. The fraction of sp³-hybridized carbons (Fsp3) is 0.444. The van der Waals surface area contributed by atoms with E-state index < -0.39 is 0 Å². The molecule has 6 heteroatoms. The summed E-state index contributed by atoms with van der Waals surface area (Å²) in [6.07, 6.45) is 5.85. The Morgan fingerprint density at radius 3 is 2.36 bits per heavy atom. The number of hydrogen-bond donors (Lipinski definition) is 2. The van der Waals surface area contributed by atoms with Gasteiger partial charge in [-0.1, -0.05) is 18.6 Å². The van der Waals surface area contributed by atoms with Crippen molar-refractivity contribution in [2.75, 3.05) is 24.9 Å². The summed E-state index contributed by atoms with van der Waals surface area (Å²) in [5.74, 6) is 1.08. The van der Waals surface area contributed by atoms with Crippen molar-refractivity contribution in [1.82, 2.24) is 4.90 Å². The number of hydrogen-bond acceptors (Lipinski definition) is 5. The van der Waals surface area contributed by atoms with E-state index in [-0.39, 0.29) is 11.9 Å². The first kappa shape index (κ1) is 23.2. The molecule has 1 fully saturated rings. The zero-order chi connectivity index (χ0) is 23.5. The summed E-state index contributed by atoms with van der Waals surface area (Å²) in [5, 5.41) is 6.41. The summed E-state index contributed by atoms with van der Waals surface area (Å²) in [5.41, 5.74) is 4.56. The number of carbonyl (C=O) groups is 1. The van der Waals surface area contributed by atoms with Crippen molar-refractivity contribution in [2.45, 2.75) is 64.7 Å². The average Bonchev–Trinajstić information content (AvgIpc) is 3.10. The SMILES string of the molecule is COc1cc2c(cc1OC)C(=CC(C)Nc1ccc(CN3C(C)CCCC3C)cc1)C(=O)N2. The van der Waals surface area contributed by atoms with Crippen molar-refractivity contribution >= 4 is 22.9 Å². The van der Waals surface area contributed by atoms with Gasteiger partial charge in [-0.15, -0.1) is 0 Å². The number of likely N-dealkylation sites (tertiary alicyclic amines) is 1. The maximum atomic E-state index is 12.6. The number of ether oxygens (including phenoxy) is 2. The van der Waals surface area contributed by atoms with E-state index in [4.69, 9.17) is 9.47 Å². The lowest BCUT2D eigenvalue weighted by Gasteiger charge is -2.39. The fourth-order valence-electron chi connectivity index (χ4n) is 4.94. The number of piperidine rings is 1. The second-order valence-corrected chi connectivity index (χ2v) is 9.22. The lowest BCUT2D eigenvalue weighted by molar-refractivity contribution is -0.110. The monoisotopic (exact) mass is 449 g/mol. The van der Waals surface area contributed by atoms with Crippen molar-refractivity contribution in [1.29, 1.82) is 0 Å². The molecule has 3 unspecified atom stereocenters. The van der Waals surface area contributed by atoms with E-state index in [2.05, 4.69) is 53.6 Å². The van der Waals surface area contributed by atoms with Crippen LogP contribution in [0.1, 0.15) is 51.2 Å². The maximum absolute atomic E-state index is 12.6. The van der Waals surface area contributed by atoms with Crippen LogP contribution < -0.4 is 20.1 Å². The highest BCUT2D eigenvalue weighted by Crippen LogP contribution is 2.40. The summed E-state index contributed by atoms with van der Waals surface area (Å²) < 4.78 is 10.8. The van der Waals surface area contributed by atoms with Crippen LogP contribution >= 0.6 is 0 Å². The molecule has 2 heterocycles. The fourth-order valence-corrected chi connectivity index (χ4v) is 4.94. The van der Waals surface area contributed by atoms with Gasteiger partial charge in [-0.2, -0.15) is 0 Å². The summed E-state index contributed by atoms with van der Waals surface area (Å²) in [7, 11) is 3.18. The van der Waals surface area contributed by atoms with E-state index in [9.17, 15) is 4.79 Å². The van der Waals surface area contributed by atoms with Gasteiger partial charge in [0.05, 0.1) is 19.9 Å². The molecule has 4 rings (SSSR count). The molecule has 0 spiro atoms. The van der Waals surface area contributed by atoms with Crippen molar-refractivity contribution in [3.05, 3.63) is 53.6 Å². The lowest BCUT2D eigenvalue weighted by Crippen LogP contribution is -2.42. The molecule has 0 saturated carbocycles. The first-order chi connectivity index (χ1) is 15.9. The number of benzene rings is 2. The Hall–Kier alpha value is -2.99. The highest BCUT2D eigenvalue weighted by molar-refractivity contribution is 6.31. The lowest BCUT2D eigenvalue weighted by atomic mass is 9.97. The molecule has 176 valence electrons.